The smallest absolute Gasteiger partial charge is 0.222 e. The first kappa shape index (κ1) is 16.4. The van der Waals surface area contributed by atoms with Crippen molar-refractivity contribution in [2.75, 3.05) is 19.6 Å². The van der Waals surface area contributed by atoms with Crippen molar-refractivity contribution >= 4 is 5.91 Å². The number of rotatable bonds is 5. The topological polar surface area (TPSA) is 49.3 Å². The highest BCUT2D eigenvalue weighted by Crippen LogP contribution is 2.22. The van der Waals surface area contributed by atoms with Crippen molar-refractivity contribution in [2.24, 2.45) is 0 Å². The maximum absolute atomic E-state index is 11.8. The Hall–Kier alpha value is -1.49. The summed E-state index contributed by atoms with van der Waals surface area (Å²) in [4.78, 5) is 25.5. The standard InChI is InChI=1S/C18H28N4O/c1-14-12-15(2)20-17(19-14)13-22-9-4-3-6-16(22)8-11-21-10-5-7-18(21)23/h12,16H,3-11,13H2,1-2H3/t16-/m0/s1. The molecule has 23 heavy (non-hydrogen) atoms. The van der Waals surface area contributed by atoms with Crippen LogP contribution in [0.15, 0.2) is 6.07 Å². The molecule has 5 heteroatoms. The fourth-order valence-electron chi connectivity index (χ4n) is 3.89. The summed E-state index contributed by atoms with van der Waals surface area (Å²) in [5, 5.41) is 0. The molecule has 1 atom stereocenters. The second kappa shape index (κ2) is 7.39. The van der Waals surface area contributed by atoms with Gasteiger partial charge in [0.05, 0.1) is 6.54 Å². The van der Waals surface area contributed by atoms with Gasteiger partial charge in [-0.3, -0.25) is 9.69 Å². The number of hydrogen-bond acceptors (Lipinski definition) is 4. The second-order valence-corrected chi connectivity index (χ2v) is 6.96. The van der Waals surface area contributed by atoms with Crippen molar-refractivity contribution in [3.8, 4) is 0 Å². The van der Waals surface area contributed by atoms with Crippen LogP contribution in [-0.4, -0.2) is 51.4 Å². The summed E-state index contributed by atoms with van der Waals surface area (Å²) in [6, 6.07) is 2.58. The Morgan fingerprint density at radius 2 is 1.91 bits per heavy atom. The van der Waals surface area contributed by atoms with Gasteiger partial charge in [-0.25, -0.2) is 9.97 Å². The molecule has 2 aliphatic heterocycles. The number of amides is 1. The number of nitrogens with zero attached hydrogens (tertiary/aromatic N) is 4. The molecule has 0 aliphatic carbocycles. The highest BCUT2D eigenvalue weighted by atomic mass is 16.2. The third-order valence-electron chi connectivity index (χ3n) is 5.03. The SMILES string of the molecule is Cc1cc(C)nc(CN2CCCC[C@H]2CCN2CCCC2=O)n1. The molecule has 5 nitrogen and oxygen atoms in total. The van der Waals surface area contributed by atoms with Gasteiger partial charge in [-0.05, 0) is 52.1 Å². The summed E-state index contributed by atoms with van der Waals surface area (Å²) in [6.07, 6.45) is 6.63. The zero-order valence-electron chi connectivity index (χ0n) is 14.4. The molecule has 1 amide bonds. The van der Waals surface area contributed by atoms with Crippen LogP contribution in [0, 0.1) is 13.8 Å². The minimum absolute atomic E-state index is 0.338. The number of carbonyl (C=O) groups is 1. The minimum atomic E-state index is 0.338. The summed E-state index contributed by atoms with van der Waals surface area (Å²) in [6.45, 7) is 7.88. The lowest BCUT2D eigenvalue weighted by Gasteiger charge is -2.36. The molecular weight excluding hydrogens is 288 g/mol. The number of piperidine rings is 1. The molecular formula is C18H28N4O. The van der Waals surface area contributed by atoms with Gasteiger partial charge in [0, 0.05) is 36.9 Å². The van der Waals surface area contributed by atoms with Gasteiger partial charge in [-0.15, -0.1) is 0 Å². The average molecular weight is 316 g/mol. The van der Waals surface area contributed by atoms with E-state index in [-0.39, 0.29) is 0 Å². The Bertz CT molecular complexity index is 540. The van der Waals surface area contributed by atoms with Gasteiger partial charge in [0.1, 0.15) is 5.82 Å². The molecule has 2 fully saturated rings. The van der Waals surface area contributed by atoms with E-state index < -0.39 is 0 Å². The summed E-state index contributed by atoms with van der Waals surface area (Å²) in [5.74, 6) is 1.27. The van der Waals surface area contributed by atoms with Crippen molar-refractivity contribution in [1.82, 2.24) is 19.8 Å². The molecule has 2 saturated heterocycles. The molecule has 0 radical (unpaired) electrons. The molecule has 0 bridgehead atoms. The third-order valence-corrected chi connectivity index (χ3v) is 5.03. The van der Waals surface area contributed by atoms with E-state index in [1.165, 1.54) is 19.3 Å². The molecule has 3 heterocycles. The maximum Gasteiger partial charge on any atom is 0.222 e. The van der Waals surface area contributed by atoms with Crippen molar-refractivity contribution < 1.29 is 4.79 Å². The predicted molar refractivity (Wildman–Crippen MR) is 90.0 cm³/mol. The van der Waals surface area contributed by atoms with Crippen LogP contribution >= 0.6 is 0 Å². The summed E-state index contributed by atoms with van der Waals surface area (Å²) in [7, 11) is 0. The predicted octanol–water partition coefficient (Wildman–Crippen LogP) is 2.46. The summed E-state index contributed by atoms with van der Waals surface area (Å²) < 4.78 is 0. The lowest BCUT2D eigenvalue weighted by molar-refractivity contribution is -0.127. The van der Waals surface area contributed by atoms with E-state index >= 15 is 0 Å². The van der Waals surface area contributed by atoms with Crippen molar-refractivity contribution in [3.05, 3.63) is 23.3 Å². The first-order chi connectivity index (χ1) is 11.1. The lowest BCUT2D eigenvalue weighted by Crippen LogP contribution is -2.41. The van der Waals surface area contributed by atoms with Crippen LogP contribution in [0.5, 0.6) is 0 Å². The highest BCUT2D eigenvalue weighted by molar-refractivity contribution is 5.77. The average Bonchev–Trinajstić information content (AvgIpc) is 2.91. The summed E-state index contributed by atoms with van der Waals surface area (Å²) in [5.41, 5.74) is 2.09. The molecule has 0 unspecified atom stereocenters. The Morgan fingerprint density at radius 1 is 1.13 bits per heavy atom. The molecule has 0 spiro atoms. The van der Waals surface area contributed by atoms with Gasteiger partial charge < -0.3 is 4.90 Å². The molecule has 0 N–H and O–H groups in total. The fraction of sp³-hybridized carbons (Fsp3) is 0.722. The van der Waals surface area contributed by atoms with E-state index in [2.05, 4.69) is 14.9 Å². The summed E-state index contributed by atoms with van der Waals surface area (Å²) >= 11 is 0. The van der Waals surface area contributed by atoms with Crippen molar-refractivity contribution in [1.29, 1.82) is 0 Å². The Morgan fingerprint density at radius 3 is 2.61 bits per heavy atom. The molecule has 0 aromatic carbocycles. The normalized spacial score (nSPS) is 22.8. The molecule has 2 aliphatic rings. The van der Waals surface area contributed by atoms with E-state index in [1.807, 2.05) is 24.8 Å². The van der Waals surface area contributed by atoms with Crippen LogP contribution in [0.3, 0.4) is 0 Å². The van der Waals surface area contributed by atoms with Crippen molar-refractivity contribution in [2.45, 2.75) is 65.0 Å². The van der Waals surface area contributed by atoms with Gasteiger partial charge in [-0.2, -0.15) is 0 Å². The number of carbonyl (C=O) groups excluding carboxylic acids is 1. The monoisotopic (exact) mass is 316 g/mol. The molecule has 1 aromatic rings. The van der Waals surface area contributed by atoms with Gasteiger partial charge >= 0.3 is 0 Å². The maximum atomic E-state index is 11.8. The van der Waals surface area contributed by atoms with E-state index in [1.54, 1.807) is 0 Å². The lowest BCUT2D eigenvalue weighted by atomic mass is 9.99. The van der Waals surface area contributed by atoms with Gasteiger partial charge in [0.2, 0.25) is 5.91 Å². The van der Waals surface area contributed by atoms with Gasteiger partial charge in [0.15, 0.2) is 0 Å². The Labute approximate surface area is 139 Å². The van der Waals surface area contributed by atoms with E-state index in [4.69, 9.17) is 0 Å². The molecule has 0 saturated carbocycles. The zero-order valence-corrected chi connectivity index (χ0v) is 14.4. The third kappa shape index (κ3) is 4.28. The molecule has 1 aromatic heterocycles. The van der Waals surface area contributed by atoms with Crippen LogP contribution in [0.2, 0.25) is 0 Å². The second-order valence-electron chi connectivity index (χ2n) is 6.96. The Kier molecular flexibility index (Phi) is 5.26. The van der Waals surface area contributed by atoms with E-state index in [0.29, 0.717) is 11.9 Å². The molecule has 126 valence electrons. The zero-order chi connectivity index (χ0) is 16.2. The number of hydrogen-bond donors (Lipinski definition) is 0. The van der Waals surface area contributed by atoms with Crippen LogP contribution in [0.1, 0.15) is 55.7 Å². The number of likely N-dealkylation sites (tertiary alicyclic amines) is 2. The van der Waals surface area contributed by atoms with E-state index in [9.17, 15) is 4.79 Å². The van der Waals surface area contributed by atoms with Crippen LogP contribution in [-0.2, 0) is 11.3 Å². The van der Waals surface area contributed by atoms with Gasteiger partial charge in [-0.1, -0.05) is 6.42 Å². The van der Waals surface area contributed by atoms with Crippen LogP contribution in [0.4, 0.5) is 0 Å². The minimum Gasteiger partial charge on any atom is -0.343 e. The highest BCUT2D eigenvalue weighted by Gasteiger charge is 2.26. The van der Waals surface area contributed by atoms with Gasteiger partial charge in [0.25, 0.3) is 0 Å². The van der Waals surface area contributed by atoms with E-state index in [0.717, 1.165) is 62.7 Å². The first-order valence-electron chi connectivity index (χ1n) is 8.95. The first-order valence-corrected chi connectivity index (χ1v) is 8.95. The Balaban J connectivity index is 1.60. The number of aromatic nitrogens is 2. The van der Waals surface area contributed by atoms with Crippen molar-refractivity contribution in [3.63, 3.8) is 0 Å². The van der Waals surface area contributed by atoms with Crippen LogP contribution < -0.4 is 0 Å². The fourth-order valence-corrected chi connectivity index (χ4v) is 3.89. The van der Waals surface area contributed by atoms with Crippen LogP contribution in [0.25, 0.3) is 0 Å². The largest absolute Gasteiger partial charge is 0.343 e. The molecule has 3 rings (SSSR count). The quantitative estimate of drug-likeness (QED) is 0.837. The number of aryl methyl sites for hydroxylation is 2.